The first kappa shape index (κ1) is 14.7. The van der Waals surface area contributed by atoms with Gasteiger partial charge in [-0.25, -0.2) is 4.98 Å². The van der Waals surface area contributed by atoms with Gasteiger partial charge in [0.25, 0.3) is 0 Å². The lowest BCUT2D eigenvalue weighted by atomic mass is 10.0. The fourth-order valence-corrected chi connectivity index (χ4v) is 3.23. The maximum atomic E-state index is 4.89. The number of benzene rings is 3. The molecule has 0 saturated carbocycles. The molecule has 118 valence electrons. The summed E-state index contributed by atoms with van der Waals surface area (Å²) in [4.78, 5) is 4.89. The van der Waals surface area contributed by atoms with Crippen molar-refractivity contribution in [1.82, 2.24) is 9.55 Å². The van der Waals surface area contributed by atoms with E-state index in [9.17, 15) is 0 Å². The Balaban J connectivity index is 1.81. The number of rotatable bonds is 4. The molecule has 24 heavy (non-hydrogen) atoms. The highest BCUT2D eigenvalue weighted by Gasteiger charge is 2.15. The van der Waals surface area contributed by atoms with Gasteiger partial charge in [-0.3, -0.25) is 0 Å². The van der Waals surface area contributed by atoms with Crippen molar-refractivity contribution in [3.8, 4) is 11.4 Å². The standard InChI is InChI=1S/C22H20N2/c1-17(18-10-4-2-5-11-18)16-24-21-15-9-8-14-20(21)23-22(24)19-12-6-3-7-13-19/h2-15,17H,16H2,1H3. The highest BCUT2D eigenvalue weighted by molar-refractivity contribution is 5.80. The van der Waals surface area contributed by atoms with Crippen molar-refractivity contribution in [2.24, 2.45) is 0 Å². The monoisotopic (exact) mass is 312 g/mol. The number of imidazole rings is 1. The van der Waals surface area contributed by atoms with E-state index < -0.39 is 0 Å². The summed E-state index contributed by atoms with van der Waals surface area (Å²) in [6.45, 7) is 3.19. The van der Waals surface area contributed by atoms with E-state index in [1.807, 2.05) is 6.07 Å². The molecule has 0 radical (unpaired) electrons. The zero-order valence-electron chi connectivity index (χ0n) is 13.8. The number of aromatic nitrogens is 2. The van der Waals surface area contributed by atoms with Crippen molar-refractivity contribution in [2.45, 2.75) is 19.4 Å². The SMILES string of the molecule is CC(Cn1c(-c2ccccc2)nc2ccccc21)c1ccccc1. The first-order chi connectivity index (χ1) is 11.8. The van der Waals surface area contributed by atoms with Gasteiger partial charge in [-0.2, -0.15) is 0 Å². The van der Waals surface area contributed by atoms with Crippen LogP contribution in [0.3, 0.4) is 0 Å². The van der Waals surface area contributed by atoms with Crippen LogP contribution in [0.15, 0.2) is 84.9 Å². The molecule has 0 aliphatic carbocycles. The van der Waals surface area contributed by atoms with Gasteiger partial charge in [0, 0.05) is 12.1 Å². The van der Waals surface area contributed by atoms with Crippen LogP contribution in [0.1, 0.15) is 18.4 Å². The second-order valence-corrected chi connectivity index (χ2v) is 6.21. The molecule has 0 aliphatic heterocycles. The first-order valence-corrected chi connectivity index (χ1v) is 8.38. The molecule has 1 heterocycles. The van der Waals surface area contributed by atoms with Crippen molar-refractivity contribution in [1.29, 1.82) is 0 Å². The van der Waals surface area contributed by atoms with E-state index >= 15 is 0 Å². The molecule has 4 aromatic rings. The summed E-state index contributed by atoms with van der Waals surface area (Å²) < 4.78 is 2.35. The molecule has 4 rings (SSSR count). The van der Waals surface area contributed by atoms with Crippen molar-refractivity contribution >= 4 is 11.0 Å². The Morgan fingerprint density at radius 3 is 2.17 bits per heavy atom. The highest BCUT2D eigenvalue weighted by atomic mass is 15.1. The molecule has 0 spiro atoms. The van der Waals surface area contributed by atoms with Crippen LogP contribution in [0.2, 0.25) is 0 Å². The van der Waals surface area contributed by atoms with Gasteiger partial charge in [0.1, 0.15) is 5.82 Å². The predicted molar refractivity (Wildman–Crippen MR) is 100 cm³/mol. The van der Waals surface area contributed by atoms with Crippen LogP contribution < -0.4 is 0 Å². The second-order valence-electron chi connectivity index (χ2n) is 6.21. The average molecular weight is 312 g/mol. The molecule has 0 aliphatic rings. The van der Waals surface area contributed by atoms with Crippen LogP contribution in [-0.2, 0) is 6.54 Å². The van der Waals surface area contributed by atoms with Crippen LogP contribution in [-0.4, -0.2) is 9.55 Å². The van der Waals surface area contributed by atoms with E-state index in [1.54, 1.807) is 0 Å². The largest absolute Gasteiger partial charge is 0.323 e. The summed E-state index contributed by atoms with van der Waals surface area (Å²) >= 11 is 0. The Hall–Kier alpha value is -2.87. The number of nitrogens with zero attached hydrogens (tertiary/aromatic N) is 2. The average Bonchev–Trinajstić information content (AvgIpc) is 3.02. The zero-order chi connectivity index (χ0) is 16.4. The molecule has 2 heteroatoms. The molecule has 1 atom stereocenters. The van der Waals surface area contributed by atoms with Gasteiger partial charge in [-0.15, -0.1) is 0 Å². The molecular formula is C22H20N2. The van der Waals surface area contributed by atoms with E-state index in [2.05, 4.69) is 90.4 Å². The minimum atomic E-state index is 0.422. The Labute approximate surface area is 142 Å². The fraction of sp³-hybridized carbons (Fsp3) is 0.136. The zero-order valence-corrected chi connectivity index (χ0v) is 13.8. The molecular weight excluding hydrogens is 292 g/mol. The molecule has 0 saturated heterocycles. The lowest BCUT2D eigenvalue weighted by Gasteiger charge is -2.16. The lowest BCUT2D eigenvalue weighted by molar-refractivity contribution is 0.615. The summed E-state index contributed by atoms with van der Waals surface area (Å²) in [6.07, 6.45) is 0. The van der Waals surface area contributed by atoms with Gasteiger partial charge in [-0.1, -0.05) is 79.7 Å². The van der Waals surface area contributed by atoms with Crippen molar-refractivity contribution < 1.29 is 0 Å². The fourth-order valence-electron chi connectivity index (χ4n) is 3.23. The van der Waals surface area contributed by atoms with Crippen molar-refractivity contribution in [3.63, 3.8) is 0 Å². The van der Waals surface area contributed by atoms with Crippen molar-refractivity contribution in [3.05, 3.63) is 90.5 Å². The number of hydrogen-bond donors (Lipinski definition) is 0. The third-order valence-electron chi connectivity index (χ3n) is 4.51. The van der Waals surface area contributed by atoms with Crippen LogP contribution in [0, 0.1) is 0 Å². The number of hydrogen-bond acceptors (Lipinski definition) is 1. The Morgan fingerprint density at radius 2 is 1.42 bits per heavy atom. The normalized spacial score (nSPS) is 12.4. The van der Waals surface area contributed by atoms with Gasteiger partial charge in [0.05, 0.1) is 11.0 Å². The maximum Gasteiger partial charge on any atom is 0.141 e. The number of para-hydroxylation sites is 2. The second kappa shape index (κ2) is 6.32. The van der Waals surface area contributed by atoms with Crippen LogP contribution in [0.4, 0.5) is 0 Å². The Bertz CT molecular complexity index is 940. The molecule has 0 bridgehead atoms. The summed E-state index contributed by atoms with van der Waals surface area (Å²) in [5.74, 6) is 1.46. The topological polar surface area (TPSA) is 17.8 Å². The quantitative estimate of drug-likeness (QED) is 0.486. The lowest BCUT2D eigenvalue weighted by Crippen LogP contribution is -2.07. The third kappa shape index (κ3) is 2.71. The van der Waals surface area contributed by atoms with E-state index in [4.69, 9.17) is 4.98 Å². The molecule has 1 unspecified atom stereocenters. The molecule has 3 aromatic carbocycles. The molecule has 0 fully saturated rings. The van der Waals surface area contributed by atoms with Crippen LogP contribution in [0.5, 0.6) is 0 Å². The minimum absolute atomic E-state index is 0.422. The molecule has 0 N–H and O–H groups in total. The summed E-state index contributed by atoms with van der Waals surface area (Å²) in [6, 6.07) is 29.5. The maximum absolute atomic E-state index is 4.89. The van der Waals surface area contributed by atoms with Gasteiger partial charge in [-0.05, 0) is 23.6 Å². The Morgan fingerprint density at radius 1 is 0.792 bits per heavy atom. The first-order valence-electron chi connectivity index (χ1n) is 8.38. The van der Waals surface area contributed by atoms with Crippen LogP contribution >= 0.6 is 0 Å². The third-order valence-corrected chi connectivity index (χ3v) is 4.51. The van der Waals surface area contributed by atoms with Gasteiger partial charge in [0.2, 0.25) is 0 Å². The van der Waals surface area contributed by atoms with Gasteiger partial charge in [0.15, 0.2) is 0 Å². The Kier molecular flexibility index (Phi) is 3.87. The molecule has 1 aromatic heterocycles. The molecule has 0 amide bonds. The van der Waals surface area contributed by atoms with Crippen molar-refractivity contribution in [2.75, 3.05) is 0 Å². The van der Waals surface area contributed by atoms with E-state index in [0.717, 1.165) is 23.4 Å². The molecule has 2 nitrogen and oxygen atoms in total. The van der Waals surface area contributed by atoms with E-state index in [1.165, 1.54) is 11.1 Å². The summed E-state index contributed by atoms with van der Waals surface area (Å²) in [5, 5.41) is 0. The summed E-state index contributed by atoms with van der Waals surface area (Å²) in [7, 11) is 0. The predicted octanol–water partition coefficient (Wildman–Crippen LogP) is 5.51. The summed E-state index contributed by atoms with van der Waals surface area (Å²) in [5.41, 5.74) is 4.76. The van der Waals surface area contributed by atoms with Gasteiger partial charge >= 0.3 is 0 Å². The highest BCUT2D eigenvalue weighted by Crippen LogP contribution is 2.28. The minimum Gasteiger partial charge on any atom is -0.323 e. The number of fused-ring (bicyclic) bond motifs is 1. The van der Waals surface area contributed by atoms with Gasteiger partial charge < -0.3 is 4.57 Å². The van der Waals surface area contributed by atoms with E-state index in [-0.39, 0.29) is 0 Å². The van der Waals surface area contributed by atoms with Crippen LogP contribution in [0.25, 0.3) is 22.4 Å². The van der Waals surface area contributed by atoms with E-state index in [0.29, 0.717) is 5.92 Å². The smallest absolute Gasteiger partial charge is 0.141 e.